The zero-order valence-corrected chi connectivity index (χ0v) is 7.52. The minimum Gasteiger partial charge on any atom is -0.410 e. The number of rotatable bonds is 1. The van der Waals surface area contributed by atoms with Crippen LogP contribution in [-0.4, -0.2) is 30.1 Å². The molecule has 1 amide bonds. The molecule has 13 heavy (non-hydrogen) atoms. The standard InChI is InChI=1S/C8H11N3O2/c1-11(2)8(12)13-6-3-4-10-7(9)5-6/h3-5H,1-2H3,(H2,9,10). The minimum absolute atomic E-state index is 0.323. The molecule has 0 atom stereocenters. The van der Waals surface area contributed by atoms with E-state index in [4.69, 9.17) is 10.5 Å². The van der Waals surface area contributed by atoms with Crippen molar-refractivity contribution in [3.63, 3.8) is 0 Å². The lowest BCUT2D eigenvalue weighted by atomic mass is 10.4. The number of nitrogen functional groups attached to an aromatic ring is 1. The zero-order chi connectivity index (χ0) is 9.84. The molecule has 5 nitrogen and oxygen atoms in total. The second kappa shape index (κ2) is 3.75. The summed E-state index contributed by atoms with van der Waals surface area (Å²) in [5.74, 6) is 0.718. The normalized spacial score (nSPS) is 9.38. The third-order valence-corrected chi connectivity index (χ3v) is 1.32. The smallest absolute Gasteiger partial charge is 0.410 e. The van der Waals surface area contributed by atoms with Gasteiger partial charge in [-0.15, -0.1) is 0 Å². The Hall–Kier alpha value is -1.78. The molecule has 0 saturated heterocycles. The molecule has 0 bridgehead atoms. The molecule has 0 unspecified atom stereocenters. The molecule has 0 aliphatic rings. The predicted molar refractivity (Wildman–Crippen MR) is 48.4 cm³/mol. The van der Waals surface area contributed by atoms with Gasteiger partial charge in [-0.05, 0) is 6.07 Å². The molecule has 5 heteroatoms. The summed E-state index contributed by atoms with van der Waals surface area (Å²) in [6.07, 6.45) is 1.04. The van der Waals surface area contributed by atoms with Crippen LogP contribution in [0.5, 0.6) is 5.75 Å². The van der Waals surface area contributed by atoms with Gasteiger partial charge in [0.25, 0.3) is 0 Å². The fourth-order valence-corrected chi connectivity index (χ4v) is 0.684. The molecule has 0 aliphatic carbocycles. The van der Waals surface area contributed by atoms with Gasteiger partial charge in [0.05, 0.1) is 0 Å². The van der Waals surface area contributed by atoms with Crippen LogP contribution in [-0.2, 0) is 0 Å². The SMILES string of the molecule is CN(C)C(=O)Oc1ccnc(N)c1. The van der Waals surface area contributed by atoms with E-state index in [1.807, 2.05) is 0 Å². The van der Waals surface area contributed by atoms with E-state index in [0.717, 1.165) is 0 Å². The average Bonchev–Trinajstić information content (AvgIpc) is 2.04. The molecular weight excluding hydrogens is 170 g/mol. The molecule has 0 fully saturated rings. The minimum atomic E-state index is -0.439. The number of nitrogens with two attached hydrogens (primary N) is 1. The van der Waals surface area contributed by atoms with Crippen molar-refractivity contribution in [1.82, 2.24) is 9.88 Å². The highest BCUT2D eigenvalue weighted by Gasteiger charge is 2.06. The lowest BCUT2D eigenvalue weighted by Crippen LogP contribution is -2.25. The van der Waals surface area contributed by atoms with Gasteiger partial charge in [-0.3, -0.25) is 0 Å². The molecule has 1 heterocycles. The van der Waals surface area contributed by atoms with Crippen molar-refractivity contribution in [2.45, 2.75) is 0 Å². The summed E-state index contributed by atoms with van der Waals surface area (Å²) in [5, 5.41) is 0. The van der Waals surface area contributed by atoms with Crippen LogP contribution in [0.4, 0.5) is 10.6 Å². The molecule has 70 valence electrons. The van der Waals surface area contributed by atoms with Gasteiger partial charge in [0.2, 0.25) is 0 Å². The molecule has 0 radical (unpaired) electrons. The van der Waals surface area contributed by atoms with Gasteiger partial charge in [0.1, 0.15) is 11.6 Å². The Morgan fingerprint density at radius 1 is 1.62 bits per heavy atom. The van der Waals surface area contributed by atoms with Gasteiger partial charge < -0.3 is 15.4 Å². The number of nitrogens with zero attached hydrogens (tertiary/aromatic N) is 2. The summed E-state index contributed by atoms with van der Waals surface area (Å²) in [6.45, 7) is 0. The van der Waals surface area contributed by atoms with E-state index >= 15 is 0 Å². The van der Waals surface area contributed by atoms with Gasteiger partial charge in [-0.25, -0.2) is 9.78 Å². The zero-order valence-electron chi connectivity index (χ0n) is 7.52. The second-order valence-electron chi connectivity index (χ2n) is 2.68. The number of pyridine rings is 1. The molecular formula is C8H11N3O2. The van der Waals surface area contributed by atoms with Crippen LogP contribution in [0.15, 0.2) is 18.3 Å². The molecule has 2 N–H and O–H groups in total. The van der Waals surface area contributed by atoms with Crippen LogP contribution >= 0.6 is 0 Å². The number of carbonyl (C=O) groups excluding carboxylic acids is 1. The molecule has 1 aromatic rings. The Labute approximate surface area is 76.1 Å². The molecule has 1 rings (SSSR count). The first kappa shape index (κ1) is 9.31. The van der Waals surface area contributed by atoms with E-state index in [1.54, 1.807) is 20.2 Å². The third-order valence-electron chi connectivity index (χ3n) is 1.32. The monoisotopic (exact) mass is 181 g/mol. The first-order chi connectivity index (χ1) is 6.09. The van der Waals surface area contributed by atoms with E-state index in [1.165, 1.54) is 17.2 Å². The molecule has 1 aromatic heterocycles. The largest absolute Gasteiger partial charge is 0.414 e. The molecule has 0 aliphatic heterocycles. The number of aromatic nitrogens is 1. The van der Waals surface area contributed by atoms with Crippen molar-refractivity contribution in [3.05, 3.63) is 18.3 Å². The van der Waals surface area contributed by atoms with Crippen molar-refractivity contribution < 1.29 is 9.53 Å². The first-order valence-electron chi connectivity index (χ1n) is 3.70. The van der Waals surface area contributed by atoms with Gasteiger partial charge in [0.15, 0.2) is 0 Å². The quantitative estimate of drug-likeness (QED) is 0.693. The van der Waals surface area contributed by atoms with Crippen LogP contribution in [0.1, 0.15) is 0 Å². The third kappa shape index (κ3) is 2.62. The van der Waals surface area contributed by atoms with Crippen molar-refractivity contribution in [2.75, 3.05) is 19.8 Å². The highest BCUT2D eigenvalue weighted by Crippen LogP contribution is 2.12. The first-order valence-corrected chi connectivity index (χ1v) is 3.70. The van der Waals surface area contributed by atoms with Crippen molar-refractivity contribution in [3.8, 4) is 5.75 Å². The highest BCUT2D eigenvalue weighted by atomic mass is 16.6. The Balaban J connectivity index is 2.69. The van der Waals surface area contributed by atoms with Crippen molar-refractivity contribution in [1.29, 1.82) is 0 Å². The predicted octanol–water partition coefficient (Wildman–Crippen LogP) is 0.724. The summed E-state index contributed by atoms with van der Waals surface area (Å²) in [6, 6.07) is 3.05. The van der Waals surface area contributed by atoms with Crippen LogP contribution in [0.2, 0.25) is 0 Å². The Bertz CT molecular complexity index is 312. The summed E-state index contributed by atoms with van der Waals surface area (Å²) in [7, 11) is 3.21. The number of ether oxygens (including phenoxy) is 1. The Morgan fingerprint density at radius 3 is 2.85 bits per heavy atom. The summed E-state index contributed by atoms with van der Waals surface area (Å²) in [5.41, 5.74) is 5.39. The van der Waals surface area contributed by atoms with E-state index in [0.29, 0.717) is 11.6 Å². The lowest BCUT2D eigenvalue weighted by Gasteiger charge is -2.10. The lowest BCUT2D eigenvalue weighted by molar-refractivity contribution is 0.172. The summed E-state index contributed by atoms with van der Waals surface area (Å²) in [4.78, 5) is 16.2. The number of amides is 1. The molecule has 0 saturated carbocycles. The van der Waals surface area contributed by atoms with Crippen LogP contribution in [0, 0.1) is 0 Å². The van der Waals surface area contributed by atoms with Crippen LogP contribution in [0.3, 0.4) is 0 Å². The van der Waals surface area contributed by atoms with Crippen molar-refractivity contribution in [2.24, 2.45) is 0 Å². The van der Waals surface area contributed by atoms with E-state index < -0.39 is 6.09 Å². The molecule has 0 aromatic carbocycles. The number of hydrogen-bond donors (Lipinski definition) is 1. The number of carbonyl (C=O) groups is 1. The van der Waals surface area contributed by atoms with Gasteiger partial charge in [0, 0.05) is 26.4 Å². The fourth-order valence-electron chi connectivity index (χ4n) is 0.684. The van der Waals surface area contributed by atoms with E-state index in [2.05, 4.69) is 4.98 Å². The Kier molecular flexibility index (Phi) is 2.69. The average molecular weight is 181 g/mol. The second-order valence-corrected chi connectivity index (χ2v) is 2.68. The topological polar surface area (TPSA) is 68.5 Å². The number of hydrogen-bond acceptors (Lipinski definition) is 4. The van der Waals surface area contributed by atoms with Gasteiger partial charge in [-0.2, -0.15) is 0 Å². The maximum Gasteiger partial charge on any atom is 0.414 e. The highest BCUT2D eigenvalue weighted by molar-refractivity contribution is 5.70. The maximum absolute atomic E-state index is 11.1. The summed E-state index contributed by atoms with van der Waals surface area (Å²) < 4.78 is 4.92. The number of anilines is 1. The van der Waals surface area contributed by atoms with E-state index in [-0.39, 0.29) is 0 Å². The maximum atomic E-state index is 11.1. The van der Waals surface area contributed by atoms with E-state index in [9.17, 15) is 4.79 Å². The van der Waals surface area contributed by atoms with Crippen LogP contribution < -0.4 is 10.5 Å². The van der Waals surface area contributed by atoms with Gasteiger partial charge in [-0.1, -0.05) is 0 Å². The molecule has 0 spiro atoms. The fraction of sp³-hybridized carbons (Fsp3) is 0.250. The van der Waals surface area contributed by atoms with Crippen LogP contribution in [0.25, 0.3) is 0 Å². The van der Waals surface area contributed by atoms with Crippen molar-refractivity contribution >= 4 is 11.9 Å². The van der Waals surface area contributed by atoms with Gasteiger partial charge >= 0.3 is 6.09 Å². The summed E-state index contributed by atoms with van der Waals surface area (Å²) >= 11 is 0. The Morgan fingerprint density at radius 2 is 2.31 bits per heavy atom.